The van der Waals surface area contributed by atoms with Gasteiger partial charge in [-0.15, -0.1) is 12.4 Å². The Labute approximate surface area is 195 Å². The van der Waals surface area contributed by atoms with Crippen LogP contribution in [0.25, 0.3) is 21.8 Å². The topological polar surface area (TPSA) is 17.4 Å². The van der Waals surface area contributed by atoms with Gasteiger partial charge in [0.25, 0.3) is 0 Å². The monoisotopic (exact) mass is 444 g/mol. The van der Waals surface area contributed by atoms with Crippen LogP contribution in [0.2, 0.25) is 0 Å². The van der Waals surface area contributed by atoms with Gasteiger partial charge in [-0.25, -0.2) is 0 Å². The van der Waals surface area contributed by atoms with Crippen molar-refractivity contribution in [2.24, 2.45) is 5.92 Å². The van der Waals surface area contributed by atoms with Crippen LogP contribution in [0.1, 0.15) is 18.4 Å². The van der Waals surface area contributed by atoms with E-state index in [-0.39, 0.29) is 12.4 Å². The van der Waals surface area contributed by atoms with Crippen molar-refractivity contribution in [1.82, 2.24) is 9.47 Å². The van der Waals surface area contributed by atoms with Gasteiger partial charge in [-0.2, -0.15) is 0 Å². The van der Waals surface area contributed by atoms with Gasteiger partial charge in [0.05, 0.1) is 5.52 Å². The minimum Gasteiger partial charge on any atom is -0.489 e. The fraction of sp³-hybridized carbons (Fsp3) is 0.286. The van der Waals surface area contributed by atoms with Crippen molar-refractivity contribution in [3.63, 3.8) is 0 Å². The smallest absolute Gasteiger partial charge is 0.121 e. The molecule has 3 aliphatic rings. The summed E-state index contributed by atoms with van der Waals surface area (Å²) in [7, 11) is 0. The summed E-state index contributed by atoms with van der Waals surface area (Å²) in [6, 6.07) is 25.9. The van der Waals surface area contributed by atoms with Gasteiger partial charge in [0.15, 0.2) is 0 Å². The van der Waals surface area contributed by atoms with Gasteiger partial charge < -0.3 is 9.30 Å². The summed E-state index contributed by atoms with van der Waals surface area (Å²) in [5, 5.41) is 2.59. The van der Waals surface area contributed by atoms with Crippen molar-refractivity contribution in [3.05, 3.63) is 90.0 Å². The number of hydrogen-bond donors (Lipinski definition) is 0. The third kappa shape index (κ3) is 3.92. The molecule has 0 aliphatic carbocycles. The Balaban J connectivity index is 0.00000216. The summed E-state index contributed by atoms with van der Waals surface area (Å²) in [6.45, 7) is 5.19. The summed E-state index contributed by atoms with van der Waals surface area (Å²) < 4.78 is 8.63. The van der Waals surface area contributed by atoms with E-state index in [0.717, 1.165) is 24.8 Å². The average molecular weight is 445 g/mol. The highest BCUT2D eigenvalue weighted by Gasteiger charge is 2.29. The van der Waals surface area contributed by atoms with Crippen LogP contribution in [0.3, 0.4) is 0 Å². The zero-order chi connectivity index (χ0) is 20.6. The number of fused-ring (bicyclic) bond motifs is 6. The predicted octanol–water partition coefficient (Wildman–Crippen LogP) is 6.30. The van der Waals surface area contributed by atoms with E-state index >= 15 is 0 Å². The summed E-state index contributed by atoms with van der Waals surface area (Å²) in [6.07, 6.45) is 4.97. The first-order valence-corrected chi connectivity index (χ1v) is 11.4. The number of piperidine rings is 3. The maximum Gasteiger partial charge on any atom is 0.121 e. The summed E-state index contributed by atoms with van der Waals surface area (Å²) in [5.74, 6) is 1.73. The highest BCUT2D eigenvalue weighted by atomic mass is 35.5. The summed E-state index contributed by atoms with van der Waals surface area (Å²) >= 11 is 0. The zero-order valence-corrected chi connectivity index (χ0v) is 19.1. The maximum absolute atomic E-state index is 6.22. The molecular weight excluding hydrogens is 416 g/mol. The number of hydrogen-bond acceptors (Lipinski definition) is 2. The van der Waals surface area contributed by atoms with Crippen molar-refractivity contribution < 1.29 is 4.74 Å². The first-order valence-electron chi connectivity index (χ1n) is 11.4. The summed E-state index contributed by atoms with van der Waals surface area (Å²) in [4.78, 5) is 2.57. The molecule has 0 N–H and O–H groups in total. The van der Waals surface area contributed by atoms with Crippen LogP contribution < -0.4 is 4.74 Å². The largest absolute Gasteiger partial charge is 0.489 e. The summed E-state index contributed by atoms with van der Waals surface area (Å²) in [5.41, 5.74) is 5.39. The molecule has 0 spiro atoms. The fourth-order valence-electron chi connectivity index (χ4n) is 5.38. The van der Waals surface area contributed by atoms with Gasteiger partial charge in [-0.05, 0) is 61.7 Å². The lowest BCUT2D eigenvalue weighted by Gasteiger charge is -2.41. The first kappa shape index (κ1) is 21.1. The van der Waals surface area contributed by atoms with E-state index in [9.17, 15) is 0 Å². The van der Waals surface area contributed by atoms with Gasteiger partial charge in [-0.1, -0.05) is 54.1 Å². The van der Waals surface area contributed by atoms with Crippen molar-refractivity contribution in [1.29, 1.82) is 0 Å². The Morgan fingerprint density at radius 1 is 0.844 bits per heavy atom. The molecular formula is C28H29ClN2O. The molecule has 3 nitrogen and oxygen atoms in total. The molecule has 3 fully saturated rings. The van der Waals surface area contributed by atoms with Crippen LogP contribution in [0.15, 0.2) is 84.4 Å². The molecule has 7 rings (SSSR count). The molecule has 4 aromatic rings. The Morgan fingerprint density at radius 3 is 2.38 bits per heavy atom. The molecule has 3 aromatic carbocycles. The Morgan fingerprint density at radius 2 is 1.59 bits per heavy atom. The van der Waals surface area contributed by atoms with Crippen LogP contribution in [0.4, 0.5) is 0 Å². The van der Waals surface area contributed by atoms with Gasteiger partial charge in [0.2, 0.25) is 0 Å². The molecule has 4 heteroatoms. The van der Waals surface area contributed by atoms with E-state index in [0.29, 0.717) is 6.61 Å². The van der Waals surface area contributed by atoms with Crippen molar-refractivity contribution >= 4 is 34.2 Å². The molecule has 1 aromatic heterocycles. The Kier molecular flexibility index (Phi) is 5.95. The molecule has 32 heavy (non-hydrogen) atoms. The average Bonchev–Trinajstić information content (AvgIpc) is 3.14. The minimum atomic E-state index is 0. The molecule has 0 radical (unpaired) electrons. The van der Waals surface area contributed by atoms with Crippen LogP contribution in [-0.2, 0) is 6.54 Å². The molecule has 2 bridgehead atoms. The lowest BCUT2D eigenvalue weighted by molar-refractivity contribution is 0.160. The second-order valence-electron chi connectivity index (χ2n) is 8.91. The van der Waals surface area contributed by atoms with Gasteiger partial charge in [0.1, 0.15) is 12.4 Å². The highest BCUT2D eigenvalue weighted by molar-refractivity contribution is 6.08. The number of rotatable bonds is 5. The van der Waals surface area contributed by atoms with E-state index in [1.807, 2.05) is 0 Å². The Bertz CT molecular complexity index is 1250. The van der Waals surface area contributed by atoms with Crippen LogP contribution >= 0.6 is 12.4 Å². The van der Waals surface area contributed by atoms with E-state index in [2.05, 4.69) is 88.3 Å². The van der Waals surface area contributed by atoms with E-state index in [1.54, 1.807) is 5.57 Å². The lowest BCUT2D eigenvalue weighted by atomic mass is 9.84. The first-order chi connectivity index (χ1) is 15.3. The fourth-order valence-corrected chi connectivity index (χ4v) is 5.38. The van der Waals surface area contributed by atoms with E-state index in [4.69, 9.17) is 4.74 Å². The van der Waals surface area contributed by atoms with Gasteiger partial charge >= 0.3 is 0 Å². The van der Waals surface area contributed by atoms with Crippen molar-refractivity contribution in [2.45, 2.75) is 19.4 Å². The lowest BCUT2D eigenvalue weighted by Crippen LogP contribution is -2.43. The normalized spacial score (nSPS) is 21.2. The molecule has 0 unspecified atom stereocenters. The quantitative estimate of drug-likeness (QED) is 0.336. The Hall–Kier alpha value is -2.75. The van der Waals surface area contributed by atoms with E-state index in [1.165, 1.54) is 53.3 Å². The predicted molar refractivity (Wildman–Crippen MR) is 135 cm³/mol. The molecule has 0 amide bonds. The standard InChI is InChI=1S/C28H28N2O.ClH/c1-2-6-21(7-3-1)19-30-27-9-5-4-8-25(27)26-11-10-24(18-28(26)30)31-17-14-23-20-29-15-12-22(23)13-16-29;/h1-11,14,18,22H,12-13,15-17,19-20H2;1H/b23-14+;. The second-order valence-corrected chi connectivity index (χ2v) is 8.91. The maximum atomic E-state index is 6.22. The third-order valence-electron chi connectivity index (χ3n) is 7.04. The number of ether oxygens (including phenoxy) is 1. The van der Waals surface area contributed by atoms with Gasteiger partial charge in [-0.3, -0.25) is 4.90 Å². The SMILES string of the molecule is C(/COc1ccc2c3ccccc3n(Cc3ccccc3)c2c1)=C1/CN2CCC1CC2.Cl. The van der Waals surface area contributed by atoms with Crippen LogP contribution in [0.5, 0.6) is 5.75 Å². The molecule has 3 aliphatic heterocycles. The number of para-hydroxylation sites is 1. The van der Waals surface area contributed by atoms with Gasteiger partial charge in [0, 0.05) is 35.4 Å². The molecule has 164 valence electrons. The molecule has 0 saturated carbocycles. The number of halogens is 1. The molecule has 4 heterocycles. The molecule has 3 saturated heterocycles. The van der Waals surface area contributed by atoms with Crippen molar-refractivity contribution in [2.75, 3.05) is 26.2 Å². The molecule has 0 atom stereocenters. The number of nitrogens with zero attached hydrogens (tertiary/aromatic N) is 2. The van der Waals surface area contributed by atoms with Crippen LogP contribution in [-0.4, -0.2) is 35.7 Å². The highest BCUT2D eigenvalue weighted by Crippen LogP contribution is 2.33. The number of aromatic nitrogens is 1. The third-order valence-corrected chi connectivity index (χ3v) is 7.04. The second kappa shape index (κ2) is 9.01. The van der Waals surface area contributed by atoms with Crippen molar-refractivity contribution in [3.8, 4) is 5.75 Å². The zero-order valence-electron chi connectivity index (χ0n) is 18.2. The van der Waals surface area contributed by atoms with Crippen LogP contribution in [0, 0.1) is 5.92 Å². The van der Waals surface area contributed by atoms with E-state index < -0.39 is 0 Å². The number of benzene rings is 3. The minimum absolute atomic E-state index is 0.